The van der Waals surface area contributed by atoms with Crippen molar-refractivity contribution in [3.63, 3.8) is 0 Å². The van der Waals surface area contributed by atoms with E-state index in [0.29, 0.717) is 0 Å². The van der Waals surface area contributed by atoms with Gasteiger partial charge in [-0.25, -0.2) is 12.2 Å². The number of rotatable bonds is 4. The smallest absolute Gasteiger partial charge is 0.0253 e. The van der Waals surface area contributed by atoms with E-state index >= 15 is 0 Å². The topological polar surface area (TPSA) is 0 Å². The number of allylic oxidation sites excluding steroid dienone is 4. The molecule has 0 nitrogen and oxygen atoms in total. The average molecular weight is 676 g/mol. The first-order chi connectivity index (χ1) is 16.8. The van der Waals surface area contributed by atoms with Crippen molar-refractivity contribution in [3.05, 3.63) is 156 Å². The molecule has 0 saturated carbocycles. The monoisotopic (exact) mass is 672 g/mol. The molecule has 4 aromatic rings. The summed E-state index contributed by atoms with van der Waals surface area (Å²) in [6.45, 7) is 0. The van der Waals surface area contributed by atoms with E-state index < -0.39 is 0 Å². The van der Waals surface area contributed by atoms with E-state index in [0.717, 1.165) is 25.7 Å². The Bertz CT molecular complexity index is 1160. The molecule has 0 atom stereocenters. The Hall–Kier alpha value is -1.93. The van der Waals surface area contributed by atoms with Crippen LogP contribution in [0.25, 0.3) is 11.1 Å². The standard InChI is InChI=1S/C15H14.C13H9.C5H5.2BrH.Zr/c1-3-8-14(9-4-1)12-7-13-15-10-5-2-6-11-15;1-3-7-12-10(5-1)9-11-6-2-4-8-13(11)12;1-2-4-5-3-1;;;/h1-6,8-11H,12-13H2;1-5,7-8H,9H2;1-3H,4H2;2*1H;/q;2*-1;;;+2/p-2. The van der Waals surface area contributed by atoms with Crippen LogP contribution in [-0.2, 0) is 43.5 Å². The maximum Gasteiger partial charge on any atom is -0.0253 e. The Morgan fingerprint density at radius 3 is 1.83 bits per heavy atom. The molecule has 36 heavy (non-hydrogen) atoms. The predicted octanol–water partition coefficient (Wildman–Crippen LogP) is 1.56. The number of hydrogen-bond acceptors (Lipinski definition) is 0. The third-order valence-corrected chi connectivity index (χ3v) is 6.59. The zero-order chi connectivity index (χ0) is 23.4. The summed E-state index contributed by atoms with van der Waals surface area (Å²) in [6.07, 6.45) is 13.3. The molecule has 0 unspecified atom stereocenters. The molecular weight excluding hydrogens is 647 g/mol. The van der Waals surface area contributed by atoms with E-state index in [1.807, 2.05) is 18.2 Å². The third kappa shape index (κ3) is 9.51. The quantitative estimate of drug-likeness (QED) is 0.254. The van der Waals surface area contributed by atoms with Crippen molar-refractivity contribution >= 4 is 3.21 Å². The second-order valence-corrected chi connectivity index (χ2v) is 10.1. The maximum atomic E-state index is 3.30. The summed E-state index contributed by atoms with van der Waals surface area (Å²) in [4.78, 5) is 0. The molecule has 4 aromatic carbocycles. The summed E-state index contributed by atoms with van der Waals surface area (Å²) < 4.78 is 1.60. The van der Waals surface area contributed by atoms with Crippen LogP contribution < -0.4 is 34.0 Å². The summed E-state index contributed by atoms with van der Waals surface area (Å²) in [6, 6.07) is 39.5. The van der Waals surface area contributed by atoms with Crippen LogP contribution in [0.2, 0.25) is 0 Å². The molecule has 0 aromatic heterocycles. The molecule has 0 saturated heterocycles. The van der Waals surface area contributed by atoms with Gasteiger partial charge in [-0.3, -0.25) is 6.08 Å². The molecule has 0 fully saturated rings. The fourth-order valence-corrected chi connectivity index (χ4v) is 5.09. The zero-order valence-electron chi connectivity index (χ0n) is 20.1. The van der Waals surface area contributed by atoms with Crippen molar-refractivity contribution in [3.8, 4) is 11.1 Å². The van der Waals surface area contributed by atoms with Gasteiger partial charge in [-0.2, -0.15) is 35.9 Å². The Morgan fingerprint density at radius 1 is 0.694 bits per heavy atom. The van der Waals surface area contributed by atoms with E-state index in [2.05, 4.69) is 115 Å². The van der Waals surface area contributed by atoms with E-state index in [4.69, 9.17) is 0 Å². The van der Waals surface area contributed by atoms with Gasteiger partial charge in [0.25, 0.3) is 0 Å². The van der Waals surface area contributed by atoms with Crippen molar-refractivity contribution in [1.29, 1.82) is 0 Å². The molecule has 6 rings (SSSR count). The van der Waals surface area contributed by atoms with Gasteiger partial charge in [0, 0.05) is 0 Å². The minimum absolute atomic E-state index is 0. The first-order valence-electron chi connectivity index (χ1n) is 11.7. The van der Waals surface area contributed by atoms with Crippen LogP contribution >= 0.6 is 0 Å². The van der Waals surface area contributed by atoms with Crippen LogP contribution in [0.5, 0.6) is 0 Å². The largest absolute Gasteiger partial charge is 0.179 e. The van der Waals surface area contributed by atoms with Gasteiger partial charge in [-0.1, -0.05) is 35.4 Å². The molecule has 0 aliphatic heterocycles. The van der Waals surface area contributed by atoms with E-state index in [9.17, 15) is 0 Å². The molecule has 2 aliphatic rings. The van der Waals surface area contributed by atoms with Gasteiger partial charge in [0.2, 0.25) is 0 Å². The average Bonchev–Trinajstić information content (AvgIpc) is 3.58. The molecule has 0 spiro atoms. The van der Waals surface area contributed by atoms with Gasteiger partial charge >= 0.3 is 112 Å². The van der Waals surface area contributed by atoms with Crippen molar-refractivity contribution in [2.75, 3.05) is 0 Å². The van der Waals surface area contributed by atoms with Crippen molar-refractivity contribution in [2.45, 2.75) is 25.7 Å². The number of halogens is 2. The first-order valence-corrected chi connectivity index (χ1v) is 13.0. The van der Waals surface area contributed by atoms with Gasteiger partial charge < -0.3 is 34.0 Å². The van der Waals surface area contributed by atoms with Crippen LogP contribution in [0.3, 0.4) is 0 Å². The fourth-order valence-electron chi connectivity index (χ4n) is 4.08. The Balaban J connectivity index is 0.000000205. The SMILES string of the molecule is [Br-].[Br-].[C-]1=CC=CC1.[Zr+2]=[C](Cc1ccccc1)Cc1ccccc1.[c-]1cccc2c1Cc1ccccc1-2. The van der Waals surface area contributed by atoms with Crippen LogP contribution in [0.15, 0.2) is 121 Å². The minimum Gasteiger partial charge on any atom is -0.179 e. The molecule has 0 amide bonds. The van der Waals surface area contributed by atoms with Crippen LogP contribution in [-0.4, -0.2) is 3.21 Å². The van der Waals surface area contributed by atoms with Crippen LogP contribution in [0, 0.1) is 12.1 Å². The van der Waals surface area contributed by atoms with E-state index in [1.165, 1.54) is 33.4 Å². The molecular formula is C33H28Br2Zr-2. The van der Waals surface area contributed by atoms with Crippen LogP contribution in [0.1, 0.15) is 28.7 Å². The first kappa shape index (κ1) is 30.3. The fraction of sp³-hybridized carbons (Fsp3) is 0.121. The van der Waals surface area contributed by atoms with E-state index in [1.54, 1.807) is 27.4 Å². The van der Waals surface area contributed by atoms with Gasteiger partial charge in [0.05, 0.1) is 0 Å². The summed E-state index contributed by atoms with van der Waals surface area (Å²) in [5.74, 6) is 0. The van der Waals surface area contributed by atoms with Gasteiger partial charge in [-0.05, 0) is 6.42 Å². The molecule has 0 heterocycles. The van der Waals surface area contributed by atoms with Gasteiger partial charge in [0.1, 0.15) is 0 Å². The second-order valence-electron chi connectivity index (χ2n) is 8.33. The normalized spacial score (nSPS) is 11.4. The number of hydrogen-bond donors (Lipinski definition) is 0. The molecule has 0 N–H and O–H groups in total. The summed E-state index contributed by atoms with van der Waals surface area (Å²) in [5, 5.41) is 0. The summed E-state index contributed by atoms with van der Waals surface area (Å²) in [5.41, 5.74) is 8.35. The third-order valence-electron chi connectivity index (χ3n) is 5.72. The van der Waals surface area contributed by atoms with Gasteiger partial charge in [-0.15, -0.1) is 12.0 Å². The predicted molar refractivity (Wildman–Crippen MR) is 140 cm³/mol. The number of benzene rings is 4. The summed E-state index contributed by atoms with van der Waals surface area (Å²) in [7, 11) is 0. The van der Waals surface area contributed by atoms with Crippen molar-refractivity contribution in [1.82, 2.24) is 0 Å². The van der Waals surface area contributed by atoms with Gasteiger partial charge in [0.15, 0.2) is 0 Å². The van der Waals surface area contributed by atoms with E-state index in [-0.39, 0.29) is 34.0 Å². The minimum atomic E-state index is 0. The second kappa shape index (κ2) is 16.7. The summed E-state index contributed by atoms with van der Waals surface area (Å²) >= 11 is 1.55. The van der Waals surface area contributed by atoms with Crippen molar-refractivity contribution in [2.24, 2.45) is 0 Å². The number of fused-ring (bicyclic) bond motifs is 3. The molecule has 3 heteroatoms. The Labute approximate surface area is 252 Å². The Morgan fingerprint density at radius 2 is 1.28 bits per heavy atom. The molecule has 180 valence electrons. The maximum absolute atomic E-state index is 3.30. The zero-order valence-corrected chi connectivity index (χ0v) is 25.8. The molecule has 2 aliphatic carbocycles. The molecule has 0 bridgehead atoms. The van der Waals surface area contributed by atoms with Crippen LogP contribution in [0.4, 0.5) is 0 Å². The Kier molecular flexibility index (Phi) is 14.1. The molecule has 0 radical (unpaired) electrons. The van der Waals surface area contributed by atoms with Crippen molar-refractivity contribution < 1.29 is 58.2 Å².